The molecule has 0 spiro atoms. The first-order valence-electron chi connectivity index (χ1n) is 9.17. The first-order valence-corrected chi connectivity index (χ1v) is 9.17. The second-order valence-corrected chi connectivity index (χ2v) is 6.20. The van der Waals surface area contributed by atoms with Crippen LogP contribution in [0, 0.1) is 0 Å². The number of carbonyl (C=O) groups is 2. The van der Waals surface area contributed by atoms with E-state index in [0.717, 1.165) is 69.6 Å². The summed E-state index contributed by atoms with van der Waals surface area (Å²) in [5.74, 6) is -2.83. The molecule has 0 unspecified atom stereocenters. The fourth-order valence-electron chi connectivity index (χ4n) is 2.47. The minimum Gasteiger partial charge on any atom is -0.504 e. The smallest absolute Gasteiger partial charge is 0.338 e. The van der Waals surface area contributed by atoms with Crippen LogP contribution in [0.5, 0.6) is 17.2 Å². The van der Waals surface area contributed by atoms with Crippen LogP contribution in [0.15, 0.2) is 24.8 Å². The number of carbonyl (C=O) groups excluding carboxylic acids is 2. The quantitative estimate of drug-likeness (QED) is 0.206. The minimum absolute atomic E-state index is 0.0124. The van der Waals surface area contributed by atoms with Crippen molar-refractivity contribution in [2.75, 3.05) is 13.2 Å². The molecule has 150 valence electrons. The molecule has 1 aromatic rings. The molecule has 0 aliphatic heterocycles. The average Bonchev–Trinajstić information content (AvgIpc) is 2.65. The lowest BCUT2D eigenvalue weighted by Crippen LogP contribution is -2.06. The zero-order valence-electron chi connectivity index (χ0n) is 15.5. The second-order valence-electron chi connectivity index (χ2n) is 6.20. The van der Waals surface area contributed by atoms with Gasteiger partial charge in [-0.15, -0.1) is 0 Å². The highest BCUT2D eigenvalue weighted by atomic mass is 16.5. The fraction of sp³-hybridized carbons (Fsp3) is 0.500. The van der Waals surface area contributed by atoms with Gasteiger partial charge in [0.25, 0.3) is 0 Å². The van der Waals surface area contributed by atoms with E-state index in [1.165, 1.54) is 0 Å². The van der Waals surface area contributed by atoms with E-state index in [1.54, 1.807) is 0 Å². The zero-order valence-corrected chi connectivity index (χ0v) is 15.5. The maximum atomic E-state index is 11.8. The van der Waals surface area contributed by atoms with Gasteiger partial charge in [0.05, 0.1) is 18.8 Å². The largest absolute Gasteiger partial charge is 0.504 e. The Morgan fingerprint density at radius 3 is 1.74 bits per heavy atom. The van der Waals surface area contributed by atoms with Crippen LogP contribution in [0.25, 0.3) is 0 Å². The summed E-state index contributed by atoms with van der Waals surface area (Å²) in [6.45, 7) is 4.03. The van der Waals surface area contributed by atoms with Gasteiger partial charge in [0.1, 0.15) is 0 Å². The molecule has 0 aliphatic carbocycles. The number of aromatic hydroxyl groups is 3. The fourth-order valence-corrected chi connectivity index (χ4v) is 2.47. The van der Waals surface area contributed by atoms with Crippen LogP contribution in [0.3, 0.4) is 0 Å². The van der Waals surface area contributed by atoms with E-state index in [2.05, 4.69) is 6.58 Å². The normalized spacial score (nSPS) is 10.4. The molecule has 7 heteroatoms. The van der Waals surface area contributed by atoms with Crippen molar-refractivity contribution in [2.24, 2.45) is 0 Å². The summed E-state index contributed by atoms with van der Waals surface area (Å²) < 4.78 is 9.98. The first-order chi connectivity index (χ1) is 13.0. The monoisotopic (exact) mass is 380 g/mol. The van der Waals surface area contributed by atoms with Gasteiger partial charge in [-0.25, -0.2) is 9.59 Å². The molecular weight excluding hydrogens is 352 g/mol. The van der Waals surface area contributed by atoms with Crippen molar-refractivity contribution in [1.29, 1.82) is 0 Å². The zero-order chi connectivity index (χ0) is 20.1. The molecule has 0 heterocycles. The number of phenolic OH excluding ortho intramolecular Hbond substituents is 3. The molecule has 0 aliphatic rings. The van der Waals surface area contributed by atoms with Crippen molar-refractivity contribution in [2.45, 2.75) is 51.4 Å². The van der Waals surface area contributed by atoms with Gasteiger partial charge >= 0.3 is 11.9 Å². The van der Waals surface area contributed by atoms with Crippen LogP contribution >= 0.6 is 0 Å². The van der Waals surface area contributed by atoms with Crippen molar-refractivity contribution in [3.8, 4) is 17.2 Å². The van der Waals surface area contributed by atoms with E-state index >= 15 is 0 Å². The van der Waals surface area contributed by atoms with Crippen molar-refractivity contribution in [3.63, 3.8) is 0 Å². The maximum Gasteiger partial charge on any atom is 0.338 e. The number of benzene rings is 1. The molecule has 27 heavy (non-hydrogen) atoms. The highest BCUT2D eigenvalue weighted by Gasteiger charge is 2.14. The SMILES string of the molecule is C=CC(=O)OCCCCCCCCCCOC(=O)c1cc(O)c(O)c(O)c1. The Bertz CT molecular complexity index is 602. The number of hydrogen-bond donors (Lipinski definition) is 3. The van der Waals surface area contributed by atoms with Gasteiger partial charge in [0.2, 0.25) is 0 Å². The predicted molar refractivity (Wildman–Crippen MR) is 99.8 cm³/mol. The van der Waals surface area contributed by atoms with Gasteiger partial charge in [0.15, 0.2) is 17.2 Å². The topological polar surface area (TPSA) is 113 Å². The molecule has 7 nitrogen and oxygen atoms in total. The molecule has 0 bridgehead atoms. The predicted octanol–water partition coefficient (Wildman–Crippen LogP) is 3.81. The van der Waals surface area contributed by atoms with E-state index in [1.807, 2.05) is 0 Å². The van der Waals surface area contributed by atoms with Crippen LogP contribution in [0.2, 0.25) is 0 Å². The van der Waals surface area contributed by atoms with Crippen LogP contribution < -0.4 is 0 Å². The van der Waals surface area contributed by atoms with E-state index in [9.17, 15) is 24.9 Å². The van der Waals surface area contributed by atoms with Gasteiger partial charge in [-0.3, -0.25) is 0 Å². The van der Waals surface area contributed by atoms with Crippen LogP contribution in [-0.2, 0) is 14.3 Å². The summed E-state index contributed by atoms with van der Waals surface area (Å²) in [4.78, 5) is 22.7. The Balaban J connectivity index is 2.01. The van der Waals surface area contributed by atoms with Crippen molar-refractivity contribution in [3.05, 3.63) is 30.4 Å². The standard InChI is InChI=1S/C20H28O7/c1-2-18(23)26-11-9-7-5-3-4-6-8-10-12-27-20(25)15-13-16(21)19(24)17(22)14-15/h2,13-14,21-22,24H,1,3-12H2. The molecule has 0 atom stereocenters. The summed E-state index contributed by atoms with van der Waals surface area (Å²) in [6.07, 6.45) is 9.07. The summed E-state index contributed by atoms with van der Waals surface area (Å²) in [7, 11) is 0. The van der Waals surface area contributed by atoms with Gasteiger partial charge in [-0.2, -0.15) is 0 Å². The Hall–Kier alpha value is -2.70. The highest BCUT2D eigenvalue weighted by Crippen LogP contribution is 2.35. The van der Waals surface area contributed by atoms with E-state index < -0.39 is 23.2 Å². The van der Waals surface area contributed by atoms with Crippen molar-refractivity contribution in [1.82, 2.24) is 0 Å². The molecule has 1 rings (SSSR count). The van der Waals surface area contributed by atoms with Crippen LogP contribution in [-0.4, -0.2) is 40.5 Å². The number of phenols is 3. The minimum atomic E-state index is -0.663. The summed E-state index contributed by atoms with van der Waals surface area (Å²) in [6, 6.07) is 2.10. The number of unbranched alkanes of at least 4 members (excludes halogenated alkanes) is 7. The lowest BCUT2D eigenvalue weighted by molar-refractivity contribution is -0.137. The average molecular weight is 380 g/mol. The van der Waals surface area contributed by atoms with Gasteiger partial charge in [0, 0.05) is 6.08 Å². The Morgan fingerprint density at radius 1 is 0.815 bits per heavy atom. The highest BCUT2D eigenvalue weighted by molar-refractivity contribution is 5.91. The molecule has 0 radical (unpaired) electrons. The number of ether oxygens (including phenoxy) is 2. The molecular formula is C20H28O7. The molecule has 1 aromatic carbocycles. The summed E-state index contributed by atoms with van der Waals surface area (Å²) >= 11 is 0. The molecule has 3 N–H and O–H groups in total. The Morgan fingerprint density at radius 2 is 1.26 bits per heavy atom. The maximum absolute atomic E-state index is 11.8. The summed E-state index contributed by atoms with van der Waals surface area (Å²) in [5, 5.41) is 28.0. The van der Waals surface area contributed by atoms with Gasteiger partial charge in [-0.1, -0.05) is 45.1 Å². The van der Waals surface area contributed by atoms with Gasteiger partial charge in [-0.05, 0) is 25.0 Å². The third kappa shape index (κ3) is 8.99. The Kier molecular flexibility index (Phi) is 10.4. The van der Waals surface area contributed by atoms with E-state index in [4.69, 9.17) is 9.47 Å². The lowest BCUT2D eigenvalue weighted by atomic mass is 10.1. The van der Waals surface area contributed by atoms with E-state index in [-0.39, 0.29) is 18.1 Å². The van der Waals surface area contributed by atoms with Crippen molar-refractivity contribution < 1.29 is 34.4 Å². The first kappa shape index (κ1) is 22.3. The molecule has 0 amide bonds. The van der Waals surface area contributed by atoms with E-state index in [0.29, 0.717) is 6.61 Å². The number of esters is 2. The number of rotatable bonds is 13. The molecule has 0 saturated carbocycles. The third-order valence-corrected chi connectivity index (χ3v) is 3.99. The lowest BCUT2D eigenvalue weighted by Gasteiger charge is -2.07. The second kappa shape index (κ2) is 12.6. The number of hydrogen-bond acceptors (Lipinski definition) is 7. The molecule has 0 saturated heterocycles. The van der Waals surface area contributed by atoms with Crippen molar-refractivity contribution >= 4 is 11.9 Å². The van der Waals surface area contributed by atoms with Crippen LogP contribution in [0.4, 0.5) is 0 Å². The van der Waals surface area contributed by atoms with Gasteiger partial charge < -0.3 is 24.8 Å². The summed E-state index contributed by atoms with van der Waals surface area (Å²) in [5.41, 5.74) is -0.0124. The molecule has 0 aromatic heterocycles. The Labute approximate surface area is 159 Å². The van der Waals surface area contributed by atoms with Crippen LogP contribution in [0.1, 0.15) is 61.7 Å². The third-order valence-electron chi connectivity index (χ3n) is 3.99. The molecule has 0 fully saturated rings.